The van der Waals surface area contributed by atoms with Crippen LogP contribution in [0.25, 0.3) is 21.9 Å². The average molecular weight is 646 g/mol. The van der Waals surface area contributed by atoms with E-state index in [0.717, 1.165) is 10.9 Å². The van der Waals surface area contributed by atoms with Crippen LogP contribution in [0.2, 0.25) is 5.02 Å². The maximum absolute atomic E-state index is 14.3. The van der Waals surface area contributed by atoms with Crippen molar-refractivity contribution in [1.29, 1.82) is 0 Å². The van der Waals surface area contributed by atoms with Crippen LogP contribution in [-0.4, -0.2) is 45.9 Å². The zero-order valence-corrected chi connectivity index (χ0v) is 27.7. The zero-order valence-electron chi connectivity index (χ0n) is 26.0. The van der Waals surface area contributed by atoms with Crippen molar-refractivity contribution in [2.45, 2.75) is 78.7 Å². The third-order valence-corrected chi connectivity index (χ3v) is 9.03. The number of para-hydroxylation sites is 1. The maximum Gasteiger partial charge on any atom is 0.459 e. The number of nitrogens with one attached hydrogen (secondary N) is 1. The normalized spacial score (nSPS) is 14.2. The first-order chi connectivity index (χ1) is 20.9. The lowest BCUT2D eigenvalue weighted by Crippen LogP contribution is -2.39. The van der Waals surface area contributed by atoms with Crippen LogP contribution in [0.4, 0.5) is 5.82 Å². The molecule has 2 aromatic carbocycles. The van der Waals surface area contributed by atoms with Crippen LogP contribution in [0.5, 0.6) is 5.75 Å². The summed E-state index contributed by atoms with van der Waals surface area (Å²) in [5.74, 6) is 0.577. The fourth-order valence-electron chi connectivity index (χ4n) is 4.83. The number of hydrogen-bond acceptors (Lipinski definition) is 9. The van der Waals surface area contributed by atoms with Gasteiger partial charge in [0.25, 0.3) is 0 Å². The number of esters is 1. The van der Waals surface area contributed by atoms with Crippen molar-refractivity contribution < 1.29 is 27.9 Å². The number of nitrogens with zero attached hydrogens (tertiary/aromatic N) is 3. The highest BCUT2D eigenvalue weighted by atomic mass is 35.5. The molecule has 13 heteroatoms. The molecular weight excluding hydrogens is 605 g/mol. The summed E-state index contributed by atoms with van der Waals surface area (Å²) in [5, 5.41) is 4.11. The van der Waals surface area contributed by atoms with E-state index < -0.39 is 25.3 Å². The van der Waals surface area contributed by atoms with E-state index in [9.17, 15) is 9.36 Å². The summed E-state index contributed by atoms with van der Waals surface area (Å²) in [4.78, 5) is 22.3. The monoisotopic (exact) mass is 645 g/mol. The SMILES string of the molecule is CCOCc1nc2c(N)nc3ccccc3c2n1C(C)(C)COP(=O)(N[C@@H](C)C(=O)OC(CC)CC)Oc1ccc(Cl)cc1. The molecule has 0 saturated heterocycles. The van der Waals surface area contributed by atoms with E-state index >= 15 is 0 Å². The van der Waals surface area contributed by atoms with Crippen LogP contribution in [0, 0.1) is 0 Å². The van der Waals surface area contributed by atoms with Crippen LogP contribution in [0.15, 0.2) is 48.5 Å². The van der Waals surface area contributed by atoms with Gasteiger partial charge in [-0.1, -0.05) is 43.6 Å². The topological polar surface area (TPSA) is 140 Å². The molecule has 4 aromatic rings. The quantitative estimate of drug-likeness (QED) is 0.102. The van der Waals surface area contributed by atoms with Gasteiger partial charge in [-0.3, -0.25) is 9.32 Å². The number of rotatable bonds is 15. The summed E-state index contributed by atoms with van der Waals surface area (Å²) >= 11 is 6.05. The molecule has 0 fully saturated rings. The van der Waals surface area contributed by atoms with E-state index in [-0.39, 0.29) is 30.9 Å². The molecular formula is C31H41ClN5O6P. The summed E-state index contributed by atoms with van der Waals surface area (Å²) < 4.78 is 39.7. The van der Waals surface area contributed by atoms with Gasteiger partial charge >= 0.3 is 13.7 Å². The number of aromatic nitrogens is 3. The molecule has 0 saturated carbocycles. The van der Waals surface area contributed by atoms with Gasteiger partial charge in [0.1, 0.15) is 35.8 Å². The lowest BCUT2D eigenvalue weighted by Gasteiger charge is -2.32. The first kappa shape index (κ1) is 33.7. The molecule has 0 spiro atoms. The number of imidazole rings is 1. The predicted molar refractivity (Wildman–Crippen MR) is 173 cm³/mol. The Hall–Kier alpha value is -3.21. The minimum absolute atomic E-state index is 0.111. The molecule has 2 aromatic heterocycles. The van der Waals surface area contributed by atoms with Gasteiger partial charge in [-0.2, -0.15) is 5.09 Å². The number of fused-ring (bicyclic) bond motifs is 3. The van der Waals surface area contributed by atoms with E-state index in [1.807, 2.05) is 63.5 Å². The molecule has 0 aliphatic rings. The fourth-order valence-corrected chi connectivity index (χ4v) is 6.60. The third kappa shape index (κ3) is 7.71. The Labute approximate surface area is 263 Å². The van der Waals surface area contributed by atoms with Crippen molar-refractivity contribution in [1.82, 2.24) is 19.6 Å². The van der Waals surface area contributed by atoms with Crippen LogP contribution >= 0.6 is 19.3 Å². The standard InChI is InChI=1S/C31H41ClN5O6P/c1-7-22(8-2)42-30(38)20(4)36-44(39,43-23-16-14-21(32)15-17-23)41-19-31(5,6)37-26(18-40-9-3)35-27-28(37)24-12-10-11-13-25(24)34-29(27)33/h10-17,20,22H,7-9,18-19H2,1-6H3,(H2,33,34)(H,36,39)/t20-,44?/m0/s1. The van der Waals surface area contributed by atoms with Crippen molar-refractivity contribution in [2.24, 2.45) is 0 Å². The predicted octanol–water partition coefficient (Wildman–Crippen LogP) is 7.01. The summed E-state index contributed by atoms with van der Waals surface area (Å²) in [6, 6.07) is 13.0. The van der Waals surface area contributed by atoms with Gasteiger partial charge in [0.15, 0.2) is 5.82 Å². The molecule has 44 heavy (non-hydrogen) atoms. The van der Waals surface area contributed by atoms with Crippen molar-refractivity contribution in [2.75, 3.05) is 18.9 Å². The van der Waals surface area contributed by atoms with Gasteiger partial charge in [-0.05, 0) is 70.9 Å². The van der Waals surface area contributed by atoms with Gasteiger partial charge in [-0.25, -0.2) is 14.5 Å². The van der Waals surface area contributed by atoms with Crippen LogP contribution in [0.1, 0.15) is 60.2 Å². The van der Waals surface area contributed by atoms with Gasteiger partial charge < -0.3 is 24.3 Å². The number of hydrogen-bond donors (Lipinski definition) is 2. The van der Waals surface area contributed by atoms with E-state index in [2.05, 4.69) is 10.1 Å². The van der Waals surface area contributed by atoms with Crippen molar-refractivity contribution in [3.8, 4) is 5.75 Å². The highest BCUT2D eigenvalue weighted by molar-refractivity contribution is 7.52. The van der Waals surface area contributed by atoms with Crippen molar-refractivity contribution >= 4 is 53.1 Å². The number of nitrogens with two attached hydrogens (primary N) is 1. The van der Waals surface area contributed by atoms with Crippen molar-refractivity contribution in [3.63, 3.8) is 0 Å². The Morgan fingerprint density at radius 1 is 1.09 bits per heavy atom. The number of halogens is 1. The highest BCUT2D eigenvalue weighted by Gasteiger charge is 2.37. The highest BCUT2D eigenvalue weighted by Crippen LogP contribution is 2.47. The Bertz CT molecular complexity index is 1640. The molecule has 0 aliphatic heterocycles. The van der Waals surface area contributed by atoms with Crippen LogP contribution in [-0.2, 0) is 35.5 Å². The van der Waals surface area contributed by atoms with Gasteiger partial charge in [-0.15, -0.1) is 0 Å². The molecule has 0 amide bonds. The van der Waals surface area contributed by atoms with E-state index in [0.29, 0.717) is 41.3 Å². The van der Waals surface area contributed by atoms with Crippen molar-refractivity contribution in [3.05, 3.63) is 59.4 Å². The second kappa shape index (κ2) is 14.3. The molecule has 0 aliphatic carbocycles. The minimum atomic E-state index is -4.18. The minimum Gasteiger partial charge on any atom is -0.461 e. The second-order valence-electron chi connectivity index (χ2n) is 11.1. The molecule has 238 valence electrons. The maximum atomic E-state index is 14.3. The van der Waals surface area contributed by atoms with Gasteiger partial charge in [0.05, 0.1) is 23.2 Å². The van der Waals surface area contributed by atoms with Crippen LogP contribution < -0.4 is 15.3 Å². The number of anilines is 1. The van der Waals surface area contributed by atoms with E-state index in [1.54, 1.807) is 31.2 Å². The van der Waals surface area contributed by atoms with Crippen LogP contribution in [0.3, 0.4) is 0 Å². The largest absolute Gasteiger partial charge is 0.461 e. The summed E-state index contributed by atoms with van der Waals surface area (Å²) in [6.07, 6.45) is 1.07. The molecule has 2 heterocycles. The first-order valence-electron chi connectivity index (χ1n) is 14.7. The first-order valence-corrected chi connectivity index (χ1v) is 16.6. The number of carbonyl (C=O) groups excluding carboxylic acids is 1. The Morgan fingerprint density at radius 3 is 2.43 bits per heavy atom. The summed E-state index contributed by atoms with van der Waals surface area (Å²) in [5.41, 5.74) is 7.49. The number of nitrogen functional groups attached to an aromatic ring is 1. The van der Waals surface area contributed by atoms with Gasteiger partial charge in [0, 0.05) is 17.0 Å². The molecule has 3 N–H and O–H groups in total. The molecule has 2 atom stereocenters. The fraction of sp³-hybridized carbons (Fsp3) is 0.452. The number of benzene rings is 2. The second-order valence-corrected chi connectivity index (χ2v) is 13.2. The Morgan fingerprint density at radius 2 is 1.77 bits per heavy atom. The zero-order chi connectivity index (χ0) is 32.1. The number of ether oxygens (including phenoxy) is 2. The third-order valence-electron chi connectivity index (χ3n) is 7.16. The lowest BCUT2D eigenvalue weighted by molar-refractivity contribution is -0.151. The average Bonchev–Trinajstić information content (AvgIpc) is 3.40. The molecule has 0 bridgehead atoms. The number of carbonyl (C=O) groups is 1. The molecule has 1 unspecified atom stereocenters. The molecule has 0 radical (unpaired) electrons. The van der Waals surface area contributed by atoms with E-state index in [4.69, 9.17) is 40.8 Å². The molecule has 11 nitrogen and oxygen atoms in total. The Balaban J connectivity index is 1.71. The Kier molecular flexibility index (Phi) is 10.9. The summed E-state index contributed by atoms with van der Waals surface area (Å²) in [7, 11) is -4.18. The summed E-state index contributed by atoms with van der Waals surface area (Å²) in [6.45, 7) is 11.8. The number of pyridine rings is 1. The molecule has 4 rings (SSSR count). The lowest BCUT2D eigenvalue weighted by atomic mass is 10.1. The van der Waals surface area contributed by atoms with Gasteiger partial charge in [0.2, 0.25) is 0 Å². The smallest absolute Gasteiger partial charge is 0.459 e. The van der Waals surface area contributed by atoms with E-state index in [1.165, 1.54) is 0 Å².